The summed E-state index contributed by atoms with van der Waals surface area (Å²) in [4.78, 5) is 15.4. The maximum atomic E-state index is 11.3. The first-order valence-electron chi connectivity index (χ1n) is 3.80. The van der Waals surface area contributed by atoms with Gasteiger partial charge in [0.1, 0.15) is 5.56 Å². The fourth-order valence-electron chi connectivity index (χ4n) is 1.09. The van der Waals surface area contributed by atoms with E-state index >= 15 is 0 Å². The number of benzene rings is 1. The van der Waals surface area contributed by atoms with Gasteiger partial charge in [0, 0.05) is 4.47 Å². The number of rotatable bonds is 2. The lowest BCUT2D eigenvalue weighted by Crippen LogP contribution is -2.07. The summed E-state index contributed by atoms with van der Waals surface area (Å²) >= 11 is 3.26. The van der Waals surface area contributed by atoms with Gasteiger partial charge in [-0.05, 0) is 24.6 Å². The monoisotopic (exact) mass is 260 g/mol. The highest BCUT2D eigenvalue weighted by Gasteiger charge is 2.18. The first kappa shape index (κ1) is 11.0. The molecule has 0 fully saturated rings. The number of hydrogen-bond acceptors (Lipinski definition) is 4. The number of carbonyl (C=O) groups excluding carboxylic acids is 1. The van der Waals surface area contributed by atoms with Gasteiger partial charge in [-0.1, -0.05) is 15.9 Å². The summed E-state index contributed by atoms with van der Waals surface area (Å²) in [7, 11) is 1.27. The SMILES string of the molecule is COC(=O)c1c(OO)ccc(Br)c1C. The fourth-order valence-corrected chi connectivity index (χ4v) is 1.42. The van der Waals surface area contributed by atoms with E-state index in [4.69, 9.17) is 5.26 Å². The number of hydrogen-bond donors (Lipinski definition) is 1. The molecule has 0 atom stereocenters. The lowest BCUT2D eigenvalue weighted by atomic mass is 10.1. The topological polar surface area (TPSA) is 55.8 Å². The predicted octanol–water partition coefficient (Wildman–Crippen LogP) is 2.40. The van der Waals surface area contributed by atoms with Crippen molar-refractivity contribution in [1.82, 2.24) is 0 Å². The Balaban J connectivity index is 3.35. The molecule has 0 saturated heterocycles. The Morgan fingerprint density at radius 2 is 2.14 bits per heavy atom. The zero-order valence-electron chi connectivity index (χ0n) is 7.70. The highest BCUT2D eigenvalue weighted by atomic mass is 79.9. The average molecular weight is 261 g/mol. The number of esters is 1. The Kier molecular flexibility index (Phi) is 3.49. The number of ether oxygens (including phenoxy) is 1. The predicted molar refractivity (Wildman–Crippen MR) is 53.5 cm³/mol. The molecule has 0 heterocycles. The minimum Gasteiger partial charge on any atom is -0.465 e. The van der Waals surface area contributed by atoms with E-state index in [1.807, 2.05) is 0 Å². The van der Waals surface area contributed by atoms with Crippen LogP contribution >= 0.6 is 15.9 Å². The van der Waals surface area contributed by atoms with Crippen molar-refractivity contribution in [3.05, 3.63) is 27.7 Å². The lowest BCUT2D eigenvalue weighted by molar-refractivity contribution is -0.138. The zero-order valence-corrected chi connectivity index (χ0v) is 9.29. The van der Waals surface area contributed by atoms with Crippen molar-refractivity contribution in [3.63, 3.8) is 0 Å². The number of carbonyl (C=O) groups is 1. The minimum absolute atomic E-state index is 0.0811. The third kappa shape index (κ3) is 1.88. The largest absolute Gasteiger partial charge is 0.465 e. The second-order valence-electron chi connectivity index (χ2n) is 2.63. The molecule has 0 aliphatic heterocycles. The summed E-state index contributed by atoms with van der Waals surface area (Å²) in [6.07, 6.45) is 0. The Hall–Kier alpha value is -1.07. The maximum Gasteiger partial charge on any atom is 0.342 e. The van der Waals surface area contributed by atoms with Crippen LogP contribution in [0.5, 0.6) is 5.75 Å². The second kappa shape index (κ2) is 4.43. The van der Waals surface area contributed by atoms with Crippen LogP contribution in [0.3, 0.4) is 0 Å². The van der Waals surface area contributed by atoms with Crippen molar-refractivity contribution >= 4 is 21.9 Å². The van der Waals surface area contributed by atoms with E-state index in [9.17, 15) is 4.79 Å². The molecular formula is C9H9BrO4. The third-order valence-electron chi connectivity index (χ3n) is 1.85. The molecule has 76 valence electrons. The normalized spacial score (nSPS) is 9.71. The van der Waals surface area contributed by atoms with Crippen LogP contribution in [0.15, 0.2) is 16.6 Å². The van der Waals surface area contributed by atoms with Crippen molar-refractivity contribution in [1.29, 1.82) is 0 Å². The average Bonchev–Trinajstić information content (AvgIpc) is 2.20. The van der Waals surface area contributed by atoms with Gasteiger partial charge in [-0.2, -0.15) is 0 Å². The smallest absolute Gasteiger partial charge is 0.342 e. The highest BCUT2D eigenvalue weighted by Crippen LogP contribution is 2.28. The van der Waals surface area contributed by atoms with E-state index in [0.717, 1.165) is 4.47 Å². The number of methoxy groups -OCH3 is 1. The van der Waals surface area contributed by atoms with Crippen LogP contribution in [0.25, 0.3) is 0 Å². The molecule has 0 aliphatic carbocycles. The molecule has 14 heavy (non-hydrogen) atoms. The quantitative estimate of drug-likeness (QED) is 0.504. The fraction of sp³-hybridized carbons (Fsp3) is 0.222. The summed E-state index contributed by atoms with van der Waals surface area (Å²) in [5.41, 5.74) is 0.868. The molecule has 4 nitrogen and oxygen atoms in total. The molecule has 0 amide bonds. The van der Waals surface area contributed by atoms with E-state index in [1.165, 1.54) is 13.2 Å². The van der Waals surface area contributed by atoms with E-state index in [1.54, 1.807) is 13.0 Å². The summed E-state index contributed by atoms with van der Waals surface area (Å²) in [6.45, 7) is 1.72. The molecule has 1 aromatic carbocycles. The molecule has 5 heteroatoms. The summed E-state index contributed by atoms with van der Waals surface area (Å²) < 4.78 is 5.31. The molecule has 0 unspecified atom stereocenters. The standard InChI is InChI=1S/C9H9BrO4/c1-5-6(10)3-4-7(14-12)8(5)9(11)13-2/h3-4,12H,1-2H3. The Morgan fingerprint density at radius 1 is 1.50 bits per heavy atom. The van der Waals surface area contributed by atoms with Gasteiger partial charge in [-0.3, -0.25) is 0 Å². The van der Waals surface area contributed by atoms with Gasteiger partial charge in [0.25, 0.3) is 0 Å². The van der Waals surface area contributed by atoms with Crippen molar-refractivity contribution < 1.29 is 19.7 Å². The van der Waals surface area contributed by atoms with Crippen molar-refractivity contribution in [2.75, 3.05) is 7.11 Å². The lowest BCUT2D eigenvalue weighted by Gasteiger charge is -2.08. The van der Waals surface area contributed by atoms with Crippen LogP contribution in [0, 0.1) is 6.92 Å². The van der Waals surface area contributed by atoms with Crippen LogP contribution in [0.1, 0.15) is 15.9 Å². The first-order valence-corrected chi connectivity index (χ1v) is 4.60. The molecule has 0 bridgehead atoms. The molecule has 0 saturated carbocycles. The van der Waals surface area contributed by atoms with Crippen molar-refractivity contribution in [2.24, 2.45) is 0 Å². The van der Waals surface area contributed by atoms with Gasteiger partial charge in [-0.25, -0.2) is 10.1 Å². The van der Waals surface area contributed by atoms with Gasteiger partial charge < -0.3 is 9.62 Å². The third-order valence-corrected chi connectivity index (χ3v) is 2.71. The molecule has 0 spiro atoms. The summed E-state index contributed by atoms with van der Waals surface area (Å²) in [5, 5.41) is 8.56. The van der Waals surface area contributed by atoms with E-state index in [-0.39, 0.29) is 11.3 Å². The van der Waals surface area contributed by atoms with Crippen LogP contribution in [-0.2, 0) is 4.74 Å². The van der Waals surface area contributed by atoms with Crippen molar-refractivity contribution in [2.45, 2.75) is 6.92 Å². The molecular weight excluding hydrogens is 252 g/mol. The van der Waals surface area contributed by atoms with Gasteiger partial charge in [-0.15, -0.1) is 0 Å². The van der Waals surface area contributed by atoms with Crippen molar-refractivity contribution in [3.8, 4) is 5.75 Å². The van der Waals surface area contributed by atoms with Gasteiger partial charge in [0.15, 0.2) is 5.75 Å². The highest BCUT2D eigenvalue weighted by molar-refractivity contribution is 9.10. The van der Waals surface area contributed by atoms with Crippen LogP contribution in [-0.4, -0.2) is 18.3 Å². The van der Waals surface area contributed by atoms with Crippen LogP contribution in [0.4, 0.5) is 0 Å². The second-order valence-corrected chi connectivity index (χ2v) is 3.48. The van der Waals surface area contributed by atoms with Gasteiger partial charge in [0.2, 0.25) is 0 Å². The Morgan fingerprint density at radius 3 is 2.64 bits per heavy atom. The van der Waals surface area contributed by atoms with E-state index in [0.29, 0.717) is 5.56 Å². The molecule has 1 N–H and O–H groups in total. The van der Waals surface area contributed by atoms with Crippen LogP contribution in [0.2, 0.25) is 0 Å². The zero-order chi connectivity index (χ0) is 10.7. The Labute approximate surface area is 89.5 Å². The molecule has 0 aliphatic rings. The maximum absolute atomic E-state index is 11.3. The summed E-state index contributed by atoms with van der Waals surface area (Å²) in [5.74, 6) is -0.467. The van der Waals surface area contributed by atoms with Crippen LogP contribution < -0.4 is 4.89 Å². The molecule has 1 aromatic rings. The van der Waals surface area contributed by atoms with Gasteiger partial charge in [0.05, 0.1) is 7.11 Å². The molecule has 1 rings (SSSR count). The first-order chi connectivity index (χ1) is 6.61. The minimum atomic E-state index is -0.548. The van der Waals surface area contributed by atoms with E-state index in [2.05, 4.69) is 25.6 Å². The number of halogens is 1. The Bertz CT molecular complexity index is 362. The van der Waals surface area contributed by atoms with E-state index < -0.39 is 5.97 Å². The summed E-state index contributed by atoms with van der Waals surface area (Å²) in [6, 6.07) is 3.15. The van der Waals surface area contributed by atoms with Gasteiger partial charge >= 0.3 is 5.97 Å². The molecule has 0 aromatic heterocycles. The molecule has 0 radical (unpaired) electrons.